The van der Waals surface area contributed by atoms with Gasteiger partial charge in [-0.05, 0) is 26.0 Å². The van der Waals surface area contributed by atoms with E-state index in [9.17, 15) is 0 Å². The third-order valence-electron chi connectivity index (χ3n) is 1.27. The summed E-state index contributed by atoms with van der Waals surface area (Å²) in [6.07, 6.45) is -0.00790. The predicted molar refractivity (Wildman–Crippen MR) is 51.3 cm³/mol. The lowest BCUT2D eigenvalue weighted by molar-refractivity contribution is 0.234. The highest BCUT2D eigenvalue weighted by molar-refractivity contribution is 6.29. The molecule has 0 aliphatic heterocycles. The normalized spacial score (nSPS) is 9.77. The fraction of sp³-hybridized carbons (Fsp3) is 0.333. The predicted octanol–water partition coefficient (Wildman–Crippen LogP) is 3.07. The molecule has 0 N–H and O–H groups in total. The van der Waals surface area contributed by atoms with Gasteiger partial charge in [-0.25, -0.2) is 9.83 Å². The molecule has 0 aromatic carbocycles. The van der Waals surface area contributed by atoms with E-state index in [1.807, 2.05) is 13.8 Å². The number of rotatable bonds is 2. The summed E-state index contributed by atoms with van der Waals surface area (Å²) in [7, 11) is 0. The second-order valence-electron chi connectivity index (χ2n) is 2.74. The molecule has 0 fully saturated rings. The first-order valence-electron chi connectivity index (χ1n) is 3.84. The summed E-state index contributed by atoms with van der Waals surface area (Å²) in [5.41, 5.74) is 0.387. The van der Waals surface area contributed by atoms with Crippen LogP contribution >= 0.6 is 11.6 Å². The molecule has 0 unspecified atom stereocenters. The quantitative estimate of drug-likeness (QED) is 0.537. The second kappa shape index (κ2) is 4.11. The van der Waals surface area contributed by atoms with Gasteiger partial charge in [0, 0.05) is 0 Å². The minimum atomic E-state index is -0.00790. The molecule has 0 atom stereocenters. The highest BCUT2D eigenvalue weighted by Crippen LogP contribution is 2.27. The van der Waals surface area contributed by atoms with Gasteiger partial charge in [0.05, 0.1) is 12.7 Å². The third-order valence-corrected chi connectivity index (χ3v) is 1.48. The van der Waals surface area contributed by atoms with Gasteiger partial charge in [0.25, 0.3) is 0 Å². The van der Waals surface area contributed by atoms with Gasteiger partial charge in [-0.15, -0.1) is 0 Å². The first-order valence-corrected chi connectivity index (χ1v) is 4.22. The number of nitrogens with zero attached hydrogens (tertiary/aromatic N) is 2. The Labute approximate surface area is 82.1 Å². The Morgan fingerprint density at radius 2 is 2.23 bits per heavy atom. The summed E-state index contributed by atoms with van der Waals surface area (Å²) in [6, 6.07) is 3.17. The molecule has 1 aromatic rings. The van der Waals surface area contributed by atoms with E-state index in [-0.39, 0.29) is 6.10 Å². The largest absolute Gasteiger partial charge is 0.484 e. The molecule has 0 amide bonds. The molecule has 0 saturated heterocycles. The first-order chi connectivity index (χ1) is 6.13. The van der Waals surface area contributed by atoms with E-state index >= 15 is 0 Å². The Bertz CT molecular complexity index is 344. The van der Waals surface area contributed by atoms with Crippen LogP contribution in [0.1, 0.15) is 13.8 Å². The maximum absolute atomic E-state index is 6.86. The molecular formula is C9H9ClN2O. The van der Waals surface area contributed by atoms with Crippen molar-refractivity contribution in [2.75, 3.05) is 0 Å². The third kappa shape index (κ3) is 2.60. The van der Waals surface area contributed by atoms with Crippen molar-refractivity contribution in [2.24, 2.45) is 0 Å². The monoisotopic (exact) mass is 196 g/mol. The van der Waals surface area contributed by atoms with E-state index in [0.29, 0.717) is 16.7 Å². The number of halogens is 1. The topological polar surface area (TPSA) is 26.5 Å². The number of hydrogen-bond acceptors (Lipinski definition) is 2. The van der Waals surface area contributed by atoms with Crippen LogP contribution in [-0.4, -0.2) is 11.1 Å². The average Bonchev–Trinajstić information content (AvgIpc) is 2.03. The van der Waals surface area contributed by atoms with Crippen molar-refractivity contribution in [1.82, 2.24) is 4.98 Å². The molecule has 0 aliphatic carbocycles. The lowest BCUT2D eigenvalue weighted by Crippen LogP contribution is -2.06. The standard InChI is InChI=1S/C9H9ClN2O/c1-6(2)13-9-7(11-3)4-5-8(10)12-9/h4-6H,1-2H3. The SMILES string of the molecule is [C-]#[N+]c1ccc(Cl)nc1OC(C)C. The maximum atomic E-state index is 6.86. The van der Waals surface area contributed by atoms with Crippen molar-refractivity contribution < 1.29 is 4.74 Å². The van der Waals surface area contributed by atoms with Crippen molar-refractivity contribution in [1.29, 1.82) is 0 Å². The molecule has 0 spiro atoms. The molecule has 1 rings (SSSR count). The minimum absolute atomic E-state index is 0.00790. The van der Waals surface area contributed by atoms with E-state index in [0.717, 1.165) is 0 Å². The number of pyridine rings is 1. The zero-order valence-corrected chi connectivity index (χ0v) is 8.17. The van der Waals surface area contributed by atoms with Crippen molar-refractivity contribution in [2.45, 2.75) is 20.0 Å². The number of ether oxygens (including phenoxy) is 1. The number of hydrogen-bond donors (Lipinski definition) is 0. The highest BCUT2D eigenvalue weighted by Gasteiger charge is 2.07. The average molecular weight is 197 g/mol. The Hall–Kier alpha value is -1.27. The van der Waals surface area contributed by atoms with Crippen LogP contribution in [0.25, 0.3) is 4.85 Å². The Kier molecular flexibility index (Phi) is 3.10. The summed E-state index contributed by atoms with van der Waals surface area (Å²) in [6.45, 7) is 10.6. The second-order valence-corrected chi connectivity index (χ2v) is 3.12. The minimum Gasteiger partial charge on any atom is -0.484 e. The smallest absolute Gasteiger partial charge is 0.247 e. The van der Waals surface area contributed by atoms with Crippen LogP contribution in [0, 0.1) is 6.57 Å². The fourth-order valence-electron chi connectivity index (χ4n) is 0.806. The summed E-state index contributed by atoms with van der Waals surface area (Å²) >= 11 is 5.66. The van der Waals surface area contributed by atoms with Crippen LogP contribution in [-0.2, 0) is 0 Å². The zero-order chi connectivity index (χ0) is 9.84. The molecule has 0 aliphatic rings. The van der Waals surface area contributed by atoms with Gasteiger partial charge in [-0.3, -0.25) is 0 Å². The van der Waals surface area contributed by atoms with Crippen molar-refractivity contribution in [3.05, 3.63) is 28.7 Å². The van der Waals surface area contributed by atoms with Gasteiger partial charge in [0.15, 0.2) is 0 Å². The number of aromatic nitrogens is 1. The summed E-state index contributed by atoms with van der Waals surface area (Å²) in [5, 5.41) is 0.336. The van der Waals surface area contributed by atoms with E-state index in [2.05, 4.69) is 9.83 Å². The molecular weight excluding hydrogens is 188 g/mol. The van der Waals surface area contributed by atoms with Crippen molar-refractivity contribution in [3.63, 3.8) is 0 Å². The van der Waals surface area contributed by atoms with E-state index in [1.165, 1.54) is 0 Å². The highest BCUT2D eigenvalue weighted by atomic mass is 35.5. The van der Waals surface area contributed by atoms with E-state index in [1.54, 1.807) is 12.1 Å². The molecule has 1 aromatic heterocycles. The van der Waals surface area contributed by atoms with Crippen molar-refractivity contribution >= 4 is 17.3 Å². The van der Waals surface area contributed by atoms with Crippen LogP contribution in [0.5, 0.6) is 5.88 Å². The summed E-state index contributed by atoms with van der Waals surface area (Å²) < 4.78 is 5.31. The van der Waals surface area contributed by atoms with Gasteiger partial charge < -0.3 is 4.74 Å². The lowest BCUT2D eigenvalue weighted by Gasteiger charge is -2.09. The first kappa shape index (κ1) is 9.82. The van der Waals surface area contributed by atoms with Crippen LogP contribution in [0.3, 0.4) is 0 Å². The molecule has 0 radical (unpaired) electrons. The Morgan fingerprint density at radius 1 is 1.54 bits per heavy atom. The molecule has 68 valence electrons. The van der Waals surface area contributed by atoms with Gasteiger partial charge in [0.2, 0.25) is 11.6 Å². The molecule has 13 heavy (non-hydrogen) atoms. The van der Waals surface area contributed by atoms with Gasteiger partial charge in [-0.2, -0.15) is 0 Å². The van der Waals surface area contributed by atoms with Crippen LogP contribution in [0.15, 0.2) is 12.1 Å². The van der Waals surface area contributed by atoms with Crippen molar-refractivity contribution in [3.8, 4) is 5.88 Å². The van der Waals surface area contributed by atoms with E-state index in [4.69, 9.17) is 22.9 Å². The van der Waals surface area contributed by atoms with Gasteiger partial charge in [-0.1, -0.05) is 11.6 Å². The molecule has 3 nitrogen and oxygen atoms in total. The Morgan fingerprint density at radius 3 is 2.77 bits per heavy atom. The van der Waals surface area contributed by atoms with Crippen LogP contribution < -0.4 is 4.74 Å². The van der Waals surface area contributed by atoms with Crippen LogP contribution in [0.2, 0.25) is 5.15 Å². The summed E-state index contributed by atoms with van der Waals surface area (Å²) in [5.74, 6) is 0.303. The van der Waals surface area contributed by atoms with Gasteiger partial charge in [0.1, 0.15) is 5.15 Å². The van der Waals surface area contributed by atoms with Crippen LogP contribution in [0.4, 0.5) is 5.69 Å². The molecule has 4 heteroatoms. The molecule has 1 heterocycles. The molecule has 0 bridgehead atoms. The lowest BCUT2D eigenvalue weighted by atomic mass is 10.4. The van der Waals surface area contributed by atoms with Gasteiger partial charge >= 0.3 is 0 Å². The summed E-state index contributed by atoms with van der Waals surface area (Å²) in [4.78, 5) is 7.18. The maximum Gasteiger partial charge on any atom is 0.247 e. The zero-order valence-electron chi connectivity index (χ0n) is 7.41. The Balaban J connectivity index is 3.03. The molecule has 0 saturated carbocycles. The van der Waals surface area contributed by atoms with E-state index < -0.39 is 0 Å². The fourth-order valence-corrected chi connectivity index (χ4v) is 0.945.